The van der Waals surface area contributed by atoms with Gasteiger partial charge < -0.3 is 21.1 Å². The molecule has 1 aromatic heterocycles. The van der Waals surface area contributed by atoms with Gasteiger partial charge in [0.25, 0.3) is 0 Å². The van der Waals surface area contributed by atoms with Gasteiger partial charge in [-0.3, -0.25) is 4.79 Å². The van der Waals surface area contributed by atoms with Crippen molar-refractivity contribution in [3.63, 3.8) is 0 Å². The molecule has 4 N–H and O–H groups in total. The third-order valence-corrected chi connectivity index (χ3v) is 5.05. The molecule has 6 nitrogen and oxygen atoms in total. The molecule has 0 fully saturated rings. The first-order valence-electron chi connectivity index (χ1n) is 10.2. The Morgan fingerprint density at radius 1 is 1.09 bits per heavy atom. The Bertz CT molecular complexity index is 1090. The number of anilines is 3. The van der Waals surface area contributed by atoms with Gasteiger partial charge in [-0.25, -0.2) is 4.98 Å². The number of hydrogen-bond acceptors (Lipinski definition) is 5. The second-order valence-corrected chi connectivity index (χ2v) is 8.08. The molecule has 1 unspecified atom stereocenters. The summed E-state index contributed by atoms with van der Waals surface area (Å²) in [5, 5.41) is 6.91. The van der Waals surface area contributed by atoms with Crippen molar-refractivity contribution in [2.45, 2.75) is 26.3 Å². The summed E-state index contributed by atoms with van der Waals surface area (Å²) in [5.74, 6) is 1.40. The highest BCUT2D eigenvalue weighted by molar-refractivity contribution is 6.30. The van der Waals surface area contributed by atoms with Gasteiger partial charge in [-0.15, -0.1) is 0 Å². The summed E-state index contributed by atoms with van der Waals surface area (Å²) in [4.78, 5) is 16.4. The number of carbonyl (C=O) groups excluding carboxylic acids is 1. The van der Waals surface area contributed by atoms with Crippen LogP contribution in [0.4, 0.5) is 17.3 Å². The van der Waals surface area contributed by atoms with Gasteiger partial charge in [0, 0.05) is 11.1 Å². The number of allylic oxidation sites excluding steroid dienone is 1. The molecule has 0 radical (unpaired) electrons. The Morgan fingerprint density at radius 2 is 1.78 bits per heavy atom. The number of hydrogen-bond donors (Lipinski definition) is 3. The highest BCUT2D eigenvalue weighted by Gasteiger charge is 2.15. The lowest BCUT2D eigenvalue weighted by molar-refractivity contribution is -0.111. The number of pyridine rings is 1. The summed E-state index contributed by atoms with van der Waals surface area (Å²) >= 11 is 6.04. The van der Waals surface area contributed by atoms with E-state index in [2.05, 4.69) is 15.6 Å². The van der Waals surface area contributed by atoms with Crippen LogP contribution in [-0.2, 0) is 11.2 Å². The molecular weight excluding hydrogens is 424 g/mol. The topological polar surface area (TPSA) is 89.3 Å². The molecular formula is C25H27ClN4O2. The lowest BCUT2D eigenvalue weighted by atomic mass is 9.98. The number of nitrogens with two attached hydrogens (primary N) is 1. The molecule has 7 heteroatoms. The average Bonchev–Trinajstić information content (AvgIpc) is 2.76. The molecule has 0 bridgehead atoms. The van der Waals surface area contributed by atoms with Crippen molar-refractivity contribution in [3.8, 4) is 5.75 Å². The van der Waals surface area contributed by atoms with Crippen LogP contribution in [0, 0.1) is 0 Å². The van der Waals surface area contributed by atoms with Crippen molar-refractivity contribution in [2.24, 2.45) is 0 Å². The molecule has 3 rings (SSSR count). The van der Waals surface area contributed by atoms with Gasteiger partial charge in [-0.2, -0.15) is 0 Å². The lowest BCUT2D eigenvalue weighted by Gasteiger charge is -2.21. The first kappa shape index (κ1) is 23.2. The van der Waals surface area contributed by atoms with Crippen LogP contribution in [0.25, 0.3) is 0 Å². The number of nitrogen functional groups attached to an aromatic ring is 1. The number of methoxy groups -OCH3 is 1. The molecule has 1 amide bonds. The van der Waals surface area contributed by atoms with Crippen LogP contribution in [0.1, 0.15) is 31.0 Å². The molecule has 2 aromatic carbocycles. The maximum atomic E-state index is 12.0. The molecule has 0 aliphatic rings. The number of carbonyl (C=O) groups is 1. The molecule has 0 spiro atoms. The SMILES string of the molecule is COc1ccc(C(Cc2ccc(Cl)cc2)Nc2ccc(NC(=O)C=C(C)C)c(N)n2)cc1. The number of benzene rings is 2. The van der Waals surface area contributed by atoms with E-state index in [4.69, 9.17) is 22.1 Å². The molecule has 1 heterocycles. The van der Waals surface area contributed by atoms with Crippen molar-refractivity contribution < 1.29 is 9.53 Å². The summed E-state index contributed by atoms with van der Waals surface area (Å²) in [6, 6.07) is 19.1. The van der Waals surface area contributed by atoms with Crippen molar-refractivity contribution in [3.05, 3.63) is 88.5 Å². The third-order valence-electron chi connectivity index (χ3n) is 4.80. The molecule has 0 saturated carbocycles. The van der Waals surface area contributed by atoms with Crippen molar-refractivity contribution in [1.29, 1.82) is 0 Å². The summed E-state index contributed by atoms with van der Waals surface area (Å²) in [6.07, 6.45) is 2.22. The van der Waals surface area contributed by atoms with Crippen LogP contribution in [0.5, 0.6) is 5.75 Å². The van der Waals surface area contributed by atoms with E-state index >= 15 is 0 Å². The van der Waals surface area contributed by atoms with Crippen molar-refractivity contribution >= 4 is 34.8 Å². The van der Waals surface area contributed by atoms with Gasteiger partial charge in [0.1, 0.15) is 17.4 Å². The zero-order valence-electron chi connectivity index (χ0n) is 18.4. The summed E-state index contributed by atoms with van der Waals surface area (Å²) in [5.41, 5.74) is 9.67. The number of nitrogens with one attached hydrogen (secondary N) is 2. The second-order valence-electron chi connectivity index (χ2n) is 7.64. The van der Waals surface area contributed by atoms with E-state index in [1.54, 1.807) is 19.2 Å². The van der Waals surface area contributed by atoms with E-state index in [0.717, 1.165) is 22.4 Å². The maximum absolute atomic E-state index is 12.0. The molecule has 32 heavy (non-hydrogen) atoms. The fourth-order valence-corrected chi connectivity index (χ4v) is 3.34. The zero-order chi connectivity index (χ0) is 23.1. The van der Waals surface area contributed by atoms with Gasteiger partial charge in [0.2, 0.25) is 5.91 Å². The largest absolute Gasteiger partial charge is 0.497 e. The zero-order valence-corrected chi connectivity index (χ0v) is 19.1. The number of nitrogens with zero attached hydrogens (tertiary/aromatic N) is 1. The van der Waals surface area contributed by atoms with Crippen molar-refractivity contribution in [2.75, 3.05) is 23.5 Å². The van der Waals surface area contributed by atoms with Crippen LogP contribution >= 0.6 is 11.6 Å². The van der Waals surface area contributed by atoms with Crippen LogP contribution in [-0.4, -0.2) is 18.0 Å². The predicted molar refractivity (Wildman–Crippen MR) is 131 cm³/mol. The first-order valence-corrected chi connectivity index (χ1v) is 10.6. The van der Waals surface area contributed by atoms with Crippen LogP contribution in [0.3, 0.4) is 0 Å². The van der Waals surface area contributed by atoms with Crippen LogP contribution < -0.4 is 21.1 Å². The monoisotopic (exact) mass is 450 g/mol. The van der Waals surface area contributed by atoms with E-state index in [-0.39, 0.29) is 17.8 Å². The van der Waals surface area contributed by atoms with E-state index in [9.17, 15) is 4.79 Å². The highest BCUT2D eigenvalue weighted by atomic mass is 35.5. The number of amides is 1. The van der Waals surface area contributed by atoms with Gasteiger partial charge >= 0.3 is 0 Å². The fraction of sp³-hybridized carbons (Fsp3) is 0.200. The minimum absolute atomic E-state index is 0.0694. The maximum Gasteiger partial charge on any atom is 0.248 e. The smallest absolute Gasteiger partial charge is 0.248 e. The Morgan fingerprint density at radius 3 is 2.38 bits per heavy atom. The second kappa shape index (κ2) is 10.7. The third kappa shape index (κ3) is 6.49. The molecule has 3 aromatic rings. The molecule has 0 saturated heterocycles. The number of rotatable bonds is 8. The van der Waals surface area contributed by atoms with E-state index in [0.29, 0.717) is 22.9 Å². The standard InChI is InChI=1S/C25H27ClN4O2/c1-16(2)14-24(31)29-21-12-13-23(30-25(21)27)28-22(15-17-4-8-19(26)9-5-17)18-6-10-20(32-3)11-7-18/h4-14,22H,15H2,1-3H3,(H,29,31)(H3,27,28,30). The Balaban J connectivity index is 1.83. The number of aromatic nitrogens is 1. The van der Waals surface area contributed by atoms with Crippen molar-refractivity contribution in [1.82, 2.24) is 4.98 Å². The fourth-order valence-electron chi connectivity index (χ4n) is 3.22. The normalized spacial score (nSPS) is 11.4. The van der Waals surface area contributed by atoms with Gasteiger partial charge in [-0.05, 0) is 67.8 Å². The minimum atomic E-state index is -0.238. The molecule has 166 valence electrons. The highest BCUT2D eigenvalue weighted by Crippen LogP contribution is 2.27. The Kier molecular flexibility index (Phi) is 7.73. The van der Waals surface area contributed by atoms with Gasteiger partial charge in [0.05, 0.1) is 18.8 Å². The van der Waals surface area contributed by atoms with E-state index in [1.807, 2.05) is 62.4 Å². The van der Waals surface area contributed by atoms with E-state index in [1.165, 1.54) is 6.08 Å². The Hall–Kier alpha value is -3.51. The summed E-state index contributed by atoms with van der Waals surface area (Å²) < 4.78 is 5.28. The lowest BCUT2D eigenvalue weighted by Crippen LogP contribution is -2.16. The van der Waals surface area contributed by atoms with Gasteiger partial charge in [-0.1, -0.05) is 41.4 Å². The van der Waals surface area contributed by atoms with Gasteiger partial charge in [0.15, 0.2) is 0 Å². The summed E-state index contributed by atoms with van der Waals surface area (Å²) in [7, 11) is 1.64. The van der Waals surface area contributed by atoms with E-state index < -0.39 is 0 Å². The predicted octanol–water partition coefficient (Wildman–Crippen LogP) is 5.63. The van der Waals surface area contributed by atoms with Crippen LogP contribution in [0.15, 0.2) is 72.3 Å². The van der Waals surface area contributed by atoms with Crippen LogP contribution in [0.2, 0.25) is 5.02 Å². The first-order chi connectivity index (χ1) is 15.3. The Labute approximate surface area is 193 Å². The molecule has 0 aliphatic heterocycles. The molecule has 1 atom stereocenters. The minimum Gasteiger partial charge on any atom is -0.497 e. The quantitative estimate of drug-likeness (QED) is 0.387. The summed E-state index contributed by atoms with van der Waals surface area (Å²) in [6.45, 7) is 3.71. The average molecular weight is 451 g/mol. The number of ether oxygens (including phenoxy) is 1. The number of halogens is 1. The molecule has 0 aliphatic carbocycles.